The second kappa shape index (κ2) is 3.80. The summed E-state index contributed by atoms with van der Waals surface area (Å²) in [5, 5.41) is 13.3. The highest BCUT2D eigenvalue weighted by Crippen LogP contribution is 2.48. The summed E-state index contributed by atoms with van der Waals surface area (Å²) in [6.07, 6.45) is 3.72. The number of nitrogens with zero attached hydrogens (tertiary/aromatic N) is 2. The minimum atomic E-state index is -0.748. The van der Waals surface area contributed by atoms with E-state index in [-0.39, 0.29) is 17.3 Å². The minimum Gasteiger partial charge on any atom is -0.481 e. The smallest absolute Gasteiger partial charge is 0.307 e. The van der Waals surface area contributed by atoms with Crippen LogP contribution in [0.4, 0.5) is 0 Å². The number of hydrogen-bond donors (Lipinski definition) is 1. The van der Waals surface area contributed by atoms with Gasteiger partial charge in [0.1, 0.15) is 0 Å². The fourth-order valence-electron chi connectivity index (χ4n) is 2.88. The second-order valence-electron chi connectivity index (χ2n) is 6.14. The molecule has 98 valence electrons. The molecule has 1 heterocycles. The van der Waals surface area contributed by atoms with Crippen molar-refractivity contribution in [3.63, 3.8) is 0 Å². The predicted molar refractivity (Wildman–Crippen MR) is 63.1 cm³/mol. The van der Waals surface area contributed by atoms with Gasteiger partial charge in [-0.05, 0) is 31.6 Å². The van der Waals surface area contributed by atoms with E-state index in [9.17, 15) is 9.90 Å². The zero-order chi connectivity index (χ0) is 12.9. The molecule has 3 rings (SSSR count). The third kappa shape index (κ3) is 1.82. The number of carboxylic acids is 1. The lowest BCUT2D eigenvalue weighted by Gasteiger charge is -2.10. The standard InChI is InChI=1S/C13H18N2O3/c1-7-5-8(9(6-7)11(16)17)10-14-12(15-18-10)13(2)3-4-13/h7-9H,3-6H2,1-2H3,(H,16,17). The second-order valence-corrected chi connectivity index (χ2v) is 6.14. The van der Waals surface area contributed by atoms with Gasteiger partial charge >= 0.3 is 5.97 Å². The van der Waals surface area contributed by atoms with Crippen molar-refractivity contribution in [2.75, 3.05) is 0 Å². The van der Waals surface area contributed by atoms with Crippen molar-refractivity contribution in [3.8, 4) is 0 Å². The van der Waals surface area contributed by atoms with E-state index in [1.807, 2.05) is 0 Å². The summed E-state index contributed by atoms with van der Waals surface area (Å²) in [6, 6.07) is 0. The summed E-state index contributed by atoms with van der Waals surface area (Å²) in [4.78, 5) is 15.7. The third-order valence-electron chi connectivity index (χ3n) is 4.41. The first kappa shape index (κ1) is 11.7. The first-order valence-corrected chi connectivity index (χ1v) is 6.56. The van der Waals surface area contributed by atoms with Crippen LogP contribution in [0.25, 0.3) is 0 Å². The number of carbonyl (C=O) groups is 1. The van der Waals surface area contributed by atoms with E-state index < -0.39 is 5.97 Å². The molecule has 2 aliphatic rings. The minimum absolute atomic E-state index is 0.0741. The summed E-state index contributed by atoms with van der Waals surface area (Å²) < 4.78 is 5.32. The Labute approximate surface area is 106 Å². The van der Waals surface area contributed by atoms with Gasteiger partial charge < -0.3 is 9.63 Å². The monoisotopic (exact) mass is 250 g/mol. The summed E-state index contributed by atoms with van der Waals surface area (Å²) in [5.74, 6) is 0.446. The molecule has 5 heteroatoms. The zero-order valence-corrected chi connectivity index (χ0v) is 10.7. The Balaban J connectivity index is 1.85. The van der Waals surface area contributed by atoms with Crippen LogP contribution in [0.2, 0.25) is 0 Å². The van der Waals surface area contributed by atoms with Crippen molar-refractivity contribution in [1.29, 1.82) is 0 Å². The highest BCUT2D eigenvalue weighted by molar-refractivity contribution is 5.71. The van der Waals surface area contributed by atoms with E-state index in [0.717, 1.165) is 25.1 Å². The van der Waals surface area contributed by atoms with E-state index in [0.29, 0.717) is 18.2 Å². The average Bonchev–Trinajstić information content (AvgIpc) is 2.80. The number of hydrogen-bond acceptors (Lipinski definition) is 4. The van der Waals surface area contributed by atoms with E-state index >= 15 is 0 Å². The molecule has 0 aliphatic heterocycles. The molecule has 0 amide bonds. The quantitative estimate of drug-likeness (QED) is 0.891. The fraction of sp³-hybridized carbons (Fsp3) is 0.769. The normalized spacial score (nSPS) is 33.6. The molecule has 0 aromatic carbocycles. The Bertz CT molecular complexity index is 478. The zero-order valence-electron chi connectivity index (χ0n) is 10.7. The number of carboxylic acid groups (broad SMARTS) is 1. The summed E-state index contributed by atoms with van der Waals surface area (Å²) in [7, 11) is 0. The average molecular weight is 250 g/mol. The van der Waals surface area contributed by atoms with E-state index in [2.05, 4.69) is 24.0 Å². The van der Waals surface area contributed by atoms with Crippen molar-refractivity contribution in [1.82, 2.24) is 10.1 Å². The predicted octanol–water partition coefficient (Wildman–Crippen LogP) is 2.34. The molecule has 3 atom stereocenters. The Kier molecular flexibility index (Phi) is 2.47. The van der Waals surface area contributed by atoms with Crippen LogP contribution in [-0.4, -0.2) is 21.2 Å². The SMILES string of the molecule is CC1CC(C(=O)O)C(c2nc(C3(C)CC3)no2)C1. The van der Waals surface area contributed by atoms with Crippen LogP contribution in [0.15, 0.2) is 4.52 Å². The first-order valence-electron chi connectivity index (χ1n) is 6.56. The molecule has 1 N–H and O–H groups in total. The van der Waals surface area contributed by atoms with Gasteiger partial charge in [-0.2, -0.15) is 4.98 Å². The molecule has 0 spiro atoms. The molecular formula is C13H18N2O3. The van der Waals surface area contributed by atoms with Crippen molar-refractivity contribution >= 4 is 5.97 Å². The van der Waals surface area contributed by atoms with Crippen molar-refractivity contribution in [2.24, 2.45) is 11.8 Å². The van der Waals surface area contributed by atoms with Crippen LogP contribution >= 0.6 is 0 Å². The van der Waals surface area contributed by atoms with Crippen molar-refractivity contribution < 1.29 is 14.4 Å². The van der Waals surface area contributed by atoms with E-state index in [1.54, 1.807) is 0 Å². The lowest BCUT2D eigenvalue weighted by atomic mass is 9.96. The van der Waals surface area contributed by atoms with Gasteiger partial charge in [-0.15, -0.1) is 0 Å². The van der Waals surface area contributed by atoms with Crippen molar-refractivity contribution in [2.45, 2.75) is 50.9 Å². The Hall–Kier alpha value is -1.39. The van der Waals surface area contributed by atoms with Gasteiger partial charge in [0.05, 0.1) is 11.8 Å². The Morgan fingerprint density at radius 3 is 2.78 bits per heavy atom. The molecule has 2 saturated carbocycles. The van der Waals surface area contributed by atoms with Crippen LogP contribution in [0.5, 0.6) is 0 Å². The lowest BCUT2D eigenvalue weighted by molar-refractivity contribution is -0.142. The van der Waals surface area contributed by atoms with Crippen molar-refractivity contribution in [3.05, 3.63) is 11.7 Å². The lowest BCUT2D eigenvalue weighted by Crippen LogP contribution is -2.17. The van der Waals surface area contributed by atoms with Gasteiger partial charge in [0.2, 0.25) is 5.89 Å². The Morgan fingerprint density at radius 1 is 1.44 bits per heavy atom. The molecule has 0 saturated heterocycles. The van der Waals surface area contributed by atoms with Gasteiger partial charge in [0, 0.05) is 5.41 Å². The molecule has 3 unspecified atom stereocenters. The van der Waals surface area contributed by atoms with E-state index in [4.69, 9.17) is 4.52 Å². The largest absolute Gasteiger partial charge is 0.481 e. The molecule has 2 aliphatic carbocycles. The summed E-state index contributed by atoms with van der Waals surface area (Å²) in [5.41, 5.74) is 0.0741. The highest BCUT2D eigenvalue weighted by Gasteiger charge is 2.46. The molecule has 18 heavy (non-hydrogen) atoms. The molecule has 1 aromatic heterocycles. The maximum atomic E-state index is 11.3. The van der Waals surface area contributed by atoms with Gasteiger partial charge in [0.15, 0.2) is 5.82 Å². The first-order chi connectivity index (χ1) is 8.49. The topological polar surface area (TPSA) is 76.2 Å². The summed E-state index contributed by atoms with van der Waals surface area (Å²) >= 11 is 0. The number of aromatic nitrogens is 2. The third-order valence-corrected chi connectivity index (χ3v) is 4.41. The molecule has 0 radical (unpaired) electrons. The molecule has 0 bridgehead atoms. The molecule has 2 fully saturated rings. The highest BCUT2D eigenvalue weighted by atomic mass is 16.5. The molecule has 1 aromatic rings. The van der Waals surface area contributed by atoms with Gasteiger partial charge in [0.25, 0.3) is 0 Å². The molecular weight excluding hydrogens is 232 g/mol. The van der Waals surface area contributed by atoms with Gasteiger partial charge in [-0.1, -0.05) is 19.0 Å². The number of rotatable bonds is 3. The van der Waals surface area contributed by atoms with Crippen LogP contribution in [0.3, 0.4) is 0 Å². The molecule has 5 nitrogen and oxygen atoms in total. The Morgan fingerprint density at radius 2 is 2.17 bits per heavy atom. The number of aliphatic carboxylic acids is 1. The summed E-state index contributed by atoms with van der Waals surface area (Å²) in [6.45, 7) is 4.20. The van der Waals surface area contributed by atoms with E-state index in [1.165, 1.54) is 0 Å². The van der Waals surface area contributed by atoms with Gasteiger partial charge in [-0.3, -0.25) is 4.79 Å². The van der Waals surface area contributed by atoms with Gasteiger partial charge in [-0.25, -0.2) is 0 Å². The fourth-order valence-corrected chi connectivity index (χ4v) is 2.88. The van der Waals surface area contributed by atoms with Crippen LogP contribution in [-0.2, 0) is 10.2 Å². The van der Waals surface area contributed by atoms with Crippen LogP contribution in [0.1, 0.15) is 57.2 Å². The maximum Gasteiger partial charge on any atom is 0.307 e. The van der Waals surface area contributed by atoms with Crippen LogP contribution < -0.4 is 0 Å². The maximum absolute atomic E-state index is 11.3. The van der Waals surface area contributed by atoms with Crippen LogP contribution in [0, 0.1) is 11.8 Å².